The van der Waals surface area contributed by atoms with E-state index in [0.29, 0.717) is 47.8 Å². The minimum absolute atomic E-state index is 0.0607. The molecule has 1 amide bonds. The third-order valence-electron chi connectivity index (χ3n) is 9.24. The molecule has 0 aromatic carbocycles. The molecule has 2 fully saturated rings. The monoisotopic (exact) mass is 542 g/mol. The summed E-state index contributed by atoms with van der Waals surface area (Å²) in [6, 6.07) is 3.79. The highest BCUT2D eigenvalue weighted by Crippen LogP contribution is 2.46. The minimum atomic E-state index is -0.358. The summed E-state index contributed by atoms with van der Waals surface area (Å²) < 4.78 is 22.0. The molecule has 2 N–H and O–H groups in total. The van der Waals surface area contributed by atoms with Crippen molar-refractivity contribution in [2.45, 2.75) is 31.1 Å². The van der Waals surface area contributed by atoms with Crippen molar-refractivity contribution in [2.24, 2.45) is 5.92 Å². The number of fused-ring (bicyclic) bond motifs is 6. The van der Waals surface area contributed by atoms with Gasteiger partial charge in [-0.25, -0.2) is 9.37 Å². The number of aromatic nitrogens is 3. The van der Waals surface area contributed by atoms with E-state index in [1.165, 1.54) is 0 Å². The Morgan fingerprint density at radius 2 is 2.02 bits per heavy atom. The van der Waals surface area contributed by atoms with Gasteiger partial charge >= 0.3 is 0 Å². The Balaban J connectivity index is 1.30. The van der Waals surface area contributed by atoms with Crippen LogP contribution in [0.25, 0.3) is 28.6 Å². The molecular weight excluding hydrogens is 507 g/mol. The minimum Gasteiger partial charge on any atom is -0.384 e. The van der Waals surface area contributed by atoms with Gasteiger partial charge in [-0.3, -0.25) is 9.78 Å². The maximum atomic E-state index is 16.6. The summed E-state index contributed by atoms with van der Waals surface area (Å²) in [7, 11) is 3.83. The highest BCUT2D eigenvalue weighted by atomic mass is 19.1. The predicted octanol–water partition coefficient (Wildman–Crippen LogP) is 3.81. The smallest absolute Gasteiger partial charge is 0.253 e. The lowest BCUT2D eigenvalue weighted by molar-refractivity contribution is 0.0688. The molecule has 0 saturated carbocycles. The maximum absolute atomic E-state index is 16.6. The van der Waals surface area contributed by atoms with Crippen molar-refractivity contribution >= 4 is 17.8 Å². The van der Waals surface area contributed by atoms with Crippen LogP contribution in [-0.4, -0.2) is 79.2 Å². The number of ether oxygens (including phenoxy) is 1. The number of halogens is 1. The number of carbonyl (C=O) groups is 1. The molecule has 3 aliphatic heterocycles. The Morgan fingerprint density at radius 1 is 1.23 bits per heavy atom. The topological polar surface area (TPSA) is 86.4 Å². The normalized spacial score (nSPS) is 20.0. The van der Waals surface area contributed by atoms with Crippen LogP contribution in [0.1, 0.15) is 45.7 Å². The number of piperidine rings is 1. The summed E-state index contributed by atoms with van der Waals surface area (Å²) >= 11 is 0. The highest BCUT2D eigenvalue weighted by Gasteiger charge is 2.50. The zero-order valence-electron chi connectivity index (χ0n) is 23.1. The van der Waals surface area contributed by atoms with E-state index < -0.39 is 0 Å². The van der Waals surface area contributed by atoms with E-state index >= 15 is 4.39 Å². The number of anilines is 1. The van der Waals surface area contributed by atoms with Gasteiger partial charge in [0.25, 0.3) is 5.91 Å². The third-order valence-corrected chi connectivity index (χ3v) is 9.24. The number of nitrogens with zero attached hydrogens (tertiary/aromatic N) is 4. The maximum Gasteiger partial charge on any atom is 0.253 e. The van der Waals surface area contributed by atoms with Gasteiger partial charge in [-0.05, 0) is 68.0 Å². The van der Waals surface area contributed by atoms with Gasteiger partial charge in [-0.2, -0.15) is 0 Å². The van der Waals surface area contributed by atoms with Crippen LogP contribution in [0.4, 0.5) is 10.2 Å². The van der Waals surface area contributed by atoms with Crippen LogP contribution in [0, 0.1) is 11.7 Å². The SMILES string of the molecule is C=Cc1cc(-c2ncc3c(c2F)-c2[nH]c4c(c2CC3)C(=O)NCC42CN(C)C2)cc(N2CCC(COC)CC2)n1. The van der Waals surface area contributed by atoms with Crippen molar-refractivity contribution < 1.29 is 13.9 Å². The molecule has 208 valence electrons. The van der Waals surface area contributed by atoms with E-state index in [4.69, 9.17) is 9.72 Å². The molecule has 2 saturated heterocycles. The Morgan fingerprint density at radius 3 is 2.75 bits per heavy atom. The highest BCUT2D eigenvalue weighted by molar-refractivity contribution is 6.01. The number of rotatable bonds is 5. The number of nitrogens with one attached hydrogen (secondary N) is 2. The molecule has 40 heavy (non-hydrogen) atoms. The summed E-state index contributed by atoms with van der Waals surface area (Å²) in [6.45, 7) is 8.78. The number of methoxy groups -OCH3 is 1. The first-order chi connectivity index (χ1) is 19.4. The molecule has 0 bridgehead atoms. The molecule has 1 spiro atoms. The van der Waals surface area contributed by atoms with E-state index in [1.807, 2.05) is 12.1 Å². The zero-order valence-corrected chi connectivity index (χ0v) is 23.1. The molecule has 0 atom stereocenters. The number of likely N-dealkylation sites (N-methyl/N-ethyl adjacent to an activating group) is 1. The van der Waals surface area contributed by atoms with Gasteiger partial charge in [0, 0.05) is 69.5 Å². The third kappa shape index (κ3) is 3.89. The second-order valence-corrected chi connectivity index (χ2v) is 11.9. The van der Waals surface area contributed by atoms with Crippen LogP contribution in [-0.2, 0) is 23.0 Å². The summed E-state index contributed by atoms with van der Waals surface area (Å²) in [5.41, 5.74) is 6.26. The fourth-order valence-electron chi connectivity index (χ4n) is 7.28. The van der Waals surface area contributed by atoms with Crippen LogP contribution in [0.2, 0.25) is 0 Å². The average molecular weight is 543 g/mol. The first kappa shape index (κ1) is 25.4. The Bertz CT molecular complexity index is 1520. The number of likely N-dealkylation sites (tertiary alicyclic amines) is 1. The fourth-order valence-corrected chi connectivity index (χ4v) is 7.28. The Labute approximate surface area is 233 Å². The molecule has 9 heteroatoms. The summed E-state index contributed by atoms with van der Waals surface area (Å²) in [5, 5.41) is 3.10. The largest absolute Gasteiger partial charge is 0.384 e. The van der Waals surface area contributed by atoms with Crippen LogP contribution in [0.15, 0.2) is 24.9 Å². The molecule has 3 aromatic rings. The second kappa shape index (κ2) is 9.52. The number of pyridine rings is 2. The van der Waals surface area contributed by atoms with Gasteiger partial charge in [0.05, 0.1) is 22.4 Å². The molecule has 1 aliphatic carbocycles. The van der Waals surface area contributed by atoms with E-state index in [9.17, 15) is 4.79 Å². The Hall–Kier alpha value is -3.56. The standard InChI is InChI=1S/C31H35FN6O2/c1-4-21-11-20(12-23(35-21)38-9-7-18(8-10-38)14-40-3)27-26(32)24-19(13-33-27)5-6-22-25-29(36-28(22)24)31(15-34-30(25)39)16-37(2)17-31/h4,11-13,18,36H,1,5-10,14-17H2,2-3H3,(H,34,39). The number of amides is 1. The van der Waals surface area contributed by atoms with Crippen molar-refractivity contribution in [3.63, 3.8) is 0 Å². The van der Waals surface area contributed by atoms with Gasteiger partial charge in [-0.15, -0.1) is 0 Å². The van der Waals surface area contributed by atoms with Crippen LogP contribution in [0.3, 0.4) is 0 Å². The summed E-state index contributed by atoms with van der Waals surface area (Å²) in [6.07, 6.45) is 6.89. The molecular formula is C31H35FN6O2. The van der Waals surface area contributed by atoms with Crippen molar-refractivity contribution in [1.82, 2.24) is 25.2 Å². The van der Waals surface area contributed by atoms with Gasteiger partial charge in [-0.1, -0.05) is 6.58 Å². The van der Waals surface area contributed by atoms with Crippen molar-refractivity contribution in [3.05, 3.63) is 58.8 Å². The van der Waals surface area contributed by atoms with Crippen LogP contribution in [0.5, 0.6) is 0 Å². The first-order valence-electron chi connectivity index (χ1n) is 14.2. The molecule has 8 nitrogen and oxygen atoms in total. The molecule has 6 heterocycles. The van der Waals surface area contributed by atoms with Gasteiger partial charge in [0.2, 0.25) is 0 Å². The number of hydrogen-bond acceptors (Lipinski definition) is 6. The molecule has 7 rings (SSSR count). The second-order valence-electron chi connectivity index (χ2n) is 11.9. The number of carbonyl (C=O) groups excluding carboxylic acids is 1. The van der Waals surface area contributed by atoms with E-state index in [-0.39, 0.29) is 17.1 Å². The van der Waals surface area contributed by atoms with E-state index in [2.05, 4.69) is 38.7 Å². The first-order valence-corrected chi connectivity index (χ1v) is 14.2. The Kier molecular flexibility index (Phi) is 6.05. The van der Waals surface area contributed by atoms with E-state index in [1.54, 1.807) is 19.4 Å². The molecule has 0 radical (unpaired) electrons. The zero-order chi connectivity index (χ0) is 27.6. The van der Waals surface area contributed by atoms with Crippen LogP contribution >= 0.6 is 0 Å². The van der Waals surface area contributed by atoms with Crippen molar-refractivity contribution in [1.29, 1.82) is 0 Å². The van der Waals surface area contributed by atoms with Gasteiger partial charge < -0.3 is 24.8 Å². The van der Waals surface area contributed by atoms with Gasteiger partial charge in [0.15, 0.2) is 5.82 Å². The number of H-pyrrole nitrogens is 1. The summed E-state index contributed by atoms with van der Waals surface area (Å²) in [4.78, 5) is 30.5. The number of aromatic amines is 1. The van der Waals surface area contributed by atoms with E-state index in [0.717, 1.165) is 79.5 Å². The fraction of sp³-hybridized carbons (Fsp3) is 0.452. The quantitative estimate of drug-likeness (QED) is 0.510. The predicted molar refractivity (Wildman–Crippen MR) is 153 cm³/mol. The summed E-state index contributed by atoms with van der Waals surface area (Å²) in [5.74, 6) is 0.939. The van der Waals surface area contributed by atoms with Crippen molar-refractivity contribution in [3.8, 4) is 22.5 Å². The average Bonchev–Trinajstić information content (AvgIpc) is 3.35. The van der Waals surface area contributed by atoms with Crippen molar-refractivity contribution in [2.75, 3.05) is 58.4 Å². The molecule has 4 aliphatic rings. The van der Waals surface area contributed by atoms with Gasteiger partial charge in [0.1, 0.15) is 11.5 Å². The number of aryl methyl sites for hydroxylation is 1. The lowest BCUT2D eigenvalue weighted by Crippen LogP contribution is -2.65. The molecule has 0 unspecified atom stereocenters. The lowest BCUT2D eigenvalue weighted by Gasteiger charge is -2.50. The lowest BCUT2D eigenvalue weighted by atomic mass is 9.73. The molecule has 3 aromatic heterocycles. The van der Waals surface area contributed by atoms with Crippen LogP contribution < -0.4 is 10.2 Å². The number of hydrogen-bond donors (Lipinski definition) is 2.